The lowest BCUT2D eigenvalue weighted by Crippen LogP contribution is -2.51. The van der Waals surface area contributed by atoms with E-state index in [2.05, 4.69) is 36.4 Å². The van der Waals surface area contributed by atoms with Crippen LogP contribution < -0.4 is 15.4 Å². The van der Waals surface area contributed by atoms with Crippen LogP contribution in [0.15, 0.2) is 24.3 Å². The molecule has 8 nitrogen and oxygen atoms in total. The highest BCUT2D eigenvalue weighted by Gasteiger charge is 2.53. The Balaban J connectivity index is 1.39. The fraction of sp³-hybridized carbons (Fsp3) is 0.538. The van der Waals surface area contributed by atoms with Gasteiger partial charge in [0.1, 0.15) is 17.8 Å². The number of aromatic nitrogens is 1. The minimum atomic E-state index is -0.878. The molecule has 0 unspecified atom stereocenters. The third-order valence-corrected chi connectivity index (χ3v) is 8.70. The van der Waals surface area contributed by atoms with Gasteiger partial charge >= 0.3 is 6.03 Å². The molecular formula is C26H34N4O4S. The Kier molecular flexibility index (Phi) is 6.90. The molecule has 9 heteroatoms. The molecule has 4 rings (SSSR count). The van der Waals surface area contributed by atoms with Crippen LogP contribution >= 0.6 is 11.3 Å². The van der Waals surface area contributed by atoms with Gasteiger partial charge in [-0.3, -0.25) is 14.5 Å². The first-order valence-corrected chi connectivity index (χ1v) is 13.0. The van der Waals surface area contributed by atoms with Gasteiger partial charge in [0.25, 0.3) is 5.91 Å². The number of aryl methyl sites for hydroxylation is 1. The van der Waals surface area contributed by atoms with Gasteiger partial charge in [0.05, 0.1) is 12.8 Å². The SMILES string of the molecule is CCC(C)(C)C1CCC2(CC1)NC(=O)N(CC(=O)Nc1nc(-c3ccc(OC)cc3)c(C)s1)C2=O. The first-order chi connectivity index (χ1) is 16.6. The van der Waals surface area contributed by atoms with Crippen molar-refractivity contribution in [3.05, 3.63) is 29.1 Å². The number of amides is 4. The Morgan fingerprint density at radius 3 is 2.51 bits per heavy atom. The fourth-order valence-electron chi connectivity index (χ4n) is 5.11. The van der Waals surface area contributed by atoms with Gasteiger partial charge in [-0.15, -0.1) is 11.3 Å². The summed E-state index contributed by atoms with van der Waals surface area (Å²) in [6.07, 6.45) is 4.08. The maximum absolute atomic E-state index is 13.2. The largest absolute Gasteiger partial charge is 0.497 e. The van der Waals surface area contributed by atoms with E-state index < -0.39 is 17.5 Å². The molecular weight excluding hydrogens is 464 g/mol. The topological polar surface area (TPSA) is 101 Å². The van der Waals surface area contributed by atoms with Crippen LogP contribution in [-0.2, 0) is 9.59 Å². The van der Waals surface area contributed by atoms with Gasteiger partial charge < -0.3 is 15.4 Å². The minimum Gasteiger partial charge on any atom is -0.497 e. The maximum Gasteiger partial charge on any atom is 0.325 e. The number of carbonyl (C=O) groups is 3. The summed E-state index contributed by atoms with van der Waals surface area (Å²) in [7, 11) is 1.61. The summed E-state index contributed by atoms with van der Waals surface area (Å²) in [5.41, 5.74) is 1.02. The number of benzene rings is 1. The molecule has 1 saturated carbocycles. The second-order valence-electron chi connectivity index (χ2n) is 10.2. The van der Waals surface area contributed by atoms with E-state index in [0.717, 1.165) is 46.0 Å². The maximum atomic E-state index is 13.2. The van der Waals surface area contributed by atoms with E-state index in [9.17, 15) is 14.4 Å². The quantitative estimate of drug-likeness (QED) is 0.524. The van der Waals surface area contributed by atoms with Crippen molar-refractivity contribution >= 4 is 34.3 Å². The summed E-state index contributed by atoms with van der Waals surface area (Å²) in [4.78, 5) is 45.2. The second kappa shape index (κ2) is 9.60. The molecule has 1 aromatic carbocycles. The van der Waals surface area contributed by atoms with Crippen LogP contribution in [0.1, 0.15) is 57.8 Å². The first-order valence-electron chi connectivity index (χ1n) is 12.1. The highest BCUT2D eigenvalue weighted by Crippen LogP contribution is 2.45. The lowest BCUT2D eigenvalue weighted by atomic mass is 9.65. The summed E-state index contributed by atoms with van der Waals surface area (Å²) in [6.45, 7) is 8.33. The van der Waals surface area contributed by atoms with Gasteiger partial charge in [-0.2, -0.15) is 0 Å². The van der Waals surface area contributed by atoms with Crippen molar-refractivity contribution < 1.29 is 19.1 Å². The molecule has 0 bridgehead atoms. The van der Waals surface area contributed by atoms with Gasteiger partial charge in [-0.05, 0) is 68.2 Å². The molecule has 1 aliphatic heterocycles. The summed E-state index contributed by atoms with van der Waals surface area (Å²) >= 11 is 1.35. The first kappa shape index (κ1) is 25.2. The zero-order valence-electron chi connectivity index (χ0n) is 21.1. The number of nitrogens with zero attached hydrogens (tertiary/aromatic N) is 2. The van der Waals surface area contributed by atoms with Gasteiger partial charge in [-0.1, -0.05) is 27.2 Å². The van der Waals surface area contributed by atoms with E-state index in [1.165, 1.54) is 11.3 Å². The molecule has 0 radical (unpaired) electrons. The van der Waals surface area contributed by atoms with Crippen LogP contribution in [0.4, 0.5) is 9.93 Å². The van der Waals surface area contributed by atoms with Gasteiger partial charge in [0.15, 0.2) is 5.13 Å². The number of hydrogen-bond donors (Lipinski definition) is 2. The van der Waals surface area contributed by atoms with E-state index in [1.807, 2.05) is 31.2 Å². The smallest absolute Gasteiger partial charge is 0.325 e. The van der Waals surface area contributed by atoms with Crippen molar-refractivity contribution in [1.29, 1.82) is 0 Å². The predicted octanol–water partition coefficient (Wildman–Crippen LogP) is 4.98. The van der Waals surface area contributed by atoms with E-state index in [0.29, 0.717) is 23.9 Å². The highest BCUT2D eigenvalue weighted by atomic mass is 32.1. The molecule has 1 aliphatic carbocycles. The molecule has 2 aliphatic rings. The third kappa shape index (κ3) is 4.91. The van der Waals surface area contributed by atoms with Crippen LogP contribution in [0.3, 0.4) is 0 Å². The highest BCUT2D eigenvalue weighted by molar-refractivity contribution is 7.16. The van der Waals surface area contributed by atoms with Crippen LogP contribution in [0.5, 0.6) is 5.75 Å². The van der Waals surface area contributed by atoms with Crippen molar-refractivity contribution in [2.24, 2.45) is 11.3 Å². The molecule has 1 spiro atoms. The van der Waals surface area contributed by atoms with Crippen LogP contribution in [0.25, 0.3) is 11.3 Å². The van der Waals surface area contributed by atoms with E-state index in [-0.39, 0.29) is 17.9 Å². The van der Waals surface area contributed by atoms with Gasteiger partial charge in [0, 0.05) is 10.4 Å². The number of thiazole rings is 1. The minimum absolute atomic E-state index is 0.212. The Morgan fingerprint density at radius 1 is 1.26 bits per heavy atom. The lowest BCUT2D eigenvalue weighted by Gasteiger charge is -2.42. The Hall–Kier alpha value is -2.94. The summed E-state index contributed by atoms with van der Waals surface area (Å²) in [5.74, 6) is 0.540. The molecule has 2 heterocycles. The van der Waals surface area contributed by atoms with Crippen LogP contribution in [0.2, 0.25) is 0 Å². The molecule has 35 heavy (non-hydrogen) atoms. The van der Waals surface area contributed by atoms with E-state index in [4.69, 9.17) is 4.74 Å². The normalized spacial score (nSPS) is 22.4. The number of hydrogen-bond acceptors (Lipinski definition) is 6. The standard InChI is InChI=1S/C26H34N4O4S/c1-6-25(3,4)18-11-13-26(14-12-18)22(32)30(24(33)29-26)15-20(31)27-23-28-21(16(2)35-23)17-7-9-19(34-5)10-8-17/h7-10,18H,6,11-15H2,1-5H3,(H,29,33)(H,27,28,31). The average molecular weight is 499 g/mol. The van der Waals surface area contributed by atoms with Crippen molar-refractivity contribution in [3.63, 3.8) is 0 Å². The van der Waals surface area contributed by atoms with Crippen molar-refractivity contribution in [2.45, 2.75) is 65.3 Å². The molecule has 1 saturated heterocycles. The number of anilines is 1. The van der Waals surface area contributed by atoms with Crippen molar-refractivity contribution in [3.8, 4) is 17.0 Å². The molecule has 2 aromatic rings. The Bertz CT molecular complexity index is 1120. The molecule has 2 N–H and O–H groups in total. The number of carbonyl (C=O) groups excluding carboxylic acids is 3. The zero-order chi connectivity index (χ0) is 25.4. The number of nitrogens with one attached hydrogen (secondary N) is 2. The monoisotopic (exact) mass is 498 g/mol. The lowest BCUT2D eigenvalue weighted by molar-refractivity contribution is -0.135. The molecule has 1 aromatic heterocycles. The molecule has 4 amide bonds. The Labute approximate surface area is 210 Å². The predicted molar refractivity (Wildman–Crippen MR) is 136 cm³/mol. The average Bonchev–Trinajstić information content (AvgIpc) is 3.31. The number of imide groups is 1. The molecule has 2 fully saturated rings. The number of methoxy groups -OCH3 is 1. The summed E-state index contributed by atoms with van der Waals surface area (Å²) < 4.78 is 5.20. The van der Waals surface area contributed by atoms with Crippen LogP contribution in [0, 0.1) is 18.3 Å². The number of ether oxygens (including phenoxy) is 1. The van der Waals surface area contributed by atoms with Crippen LogP contribution in [-0.4, -0.2) is 46.9 Å². The summed E-state index contributed by atoms with van der Waals surface area (Å²) in [6, 6.07) is 7.05. The Morgan fingerprint density at radius 2 is 1.91 bits per heavy atom. The van der Waals surface area contributed by atoms with Gasteiger partial charge in [-0.25, -0.2) is 9.78 Å². The summed E-state index contributed by atoms with van der Waals surface area (Å²) in [5, 5.41) is 6.10. The fourth-order valence-corrected chi connectivity index (χ4v) is 5.96. The van der Waals surface area contributed by atoms with E-state index >= 15 is 0 Å². The zero-order valence-corrected chi connectivity index (χ0v) is 21.9. The van der Waals surface area contributed by atoms with Gasteiger partial charge in [0.2, 0.25) is 5.91 Å². The molecule has 0 atom stereocenters. The molecule has 188 valence electrons. The van der Waals surface area contributed by atoms with Crippen molar-refractivity contribution in [2.75, 3.05) is 19.0 Å². The third-order valence-electron chi connectivity index (χ3n) is 7.81. The van der Waals surface area contributed by atoms with Crippen molar-refractivity contribution in [1.82, 2.24) is 15.2 Å². The second-order valence-corrected chi connectivity index (χ2v) is 11.4. The number of rotatable bonds is 7. The van der Waals surface area contributed by atoms with E-state index in [1.54, 1.807) is 7.11 Å². The number of urea groups is 1.